The second-order valence-electron chi connectivity index (χ2n) is 8.49. The number of unbranched alkanes of at least 4 members (excludes halogenated alkanes) is 2. The zero-order valence-corrected chi connectivity index (χ0v) is 17.9. The molecule has 158 valence electrons. The number of nitrogens with one attached hydrogen (secondary N) is 1. The van der Waals surface area contributed by atoms with Gasteiger partial charge in [-0.2, -0.15) is 5.10 Å². The number of aromatic nitrogens is 2. The molecule has 0 bridgehead atoms. The Kier molecular flexibility index (Phi) is 8.65. The molecule has 1 aliphatic heterocycles. The largest absolute Gasteiger partial charge is 0.378 e. The van der Waals surface area contributed by atoms with E-state index in [4.69, 9.17) is 4.74 Å². The van der Waals surface area contributed by atoms with Crippen molar-refractivity contribution in [1.29, 1.82) is 0 Å². The summed E-state index contributed by atoms with van der Waals surface area (Å²) in [6.07, 6.45) is 17.2. The molecule has 1 N–H and O–H groups in total. The van der Waals surface area contributed by atoms with E-state index in [0.717, 1.165) is 38.6 Å². The molecule has 1 atom stereocenters. The van der Waals surface area contributed by atoms with Crippen molar-refractivity contribution in [2.45, 2.75) is 70.3 Å². The second-order valence-corrected chi connectivity index (χ2v) is 8.49. The molecular weight excluding hydrogens is 350 g/mol. The first-order chi connectivity index (χ1) is 13.7. The fraction of sp³-hybridized carbons (Fsp3) is 0.818. The third-order valence-electron chi connectivity index (χ3n) is 6.09. The van der Waals surface area contributed by atoms with Crippen molar-refractivity contribution in [3.63, 3.8) is 0 Å². The minimum Gasteiger partial charge on any atom is -0.378 e. The summed E-state index contributed by atoms with van der Waals surface area (Å²) in [5.41, 5.74) is 1.34. The fourth-order valence-corrected chi connectivity index (χ4v) is 4.52. The topological polar surface area (TPSA) is 54.7 Å². The number of nitrogens with zero attached hydrogens (tertiary/aromatic N) is 4. The highest BCUT2D eigenvalue weighted by atomic mass is 16.5. The summed E-state index contributed by atoms with van der Waals surface area (Å²) in [4.78, 5) is 6.91. The summed E-state index contributed by atoms with van der Waals surface area (Å²) in [6, 6.07) is 0. The van der Waals surface area contributed by atoms with Crippen LogP contribution in [0.25, 0.3) is 0 Å². The van der Waals surface area contributed by atoms with Crippen molar-refractivity contribution in [2.24, 2.45) is 18.0 Å². The molecule has 1 aromatic heterocycles. The number of hydrogen-bond acceptors (Lipinski definition) is 3. The lowest BCUT2D eigenvalue weighted by atomic mass is 9.98. The van der Waals surface area contributed by atoms with E-state index in [-0.39, 0.29) is 0 Å². The summed E-state index contributed by atoms with van der Waals surface area (Å²) in [7, 11) is 3.88. The van der Waals surface area contributed by atoms with Crippen molar-refractivity contribution in [3.8, 4) is 0 Å². The van der Waals surface area contributed by atoms with Crippen LogP contribution >= 0.6 is 0 Å². The van der Waals surface area contributed by atoms with E-state index >= 15 is 0 Å². The van der Waals surface area contributed by atoms with Gasteiger partial charge in [0.1, 0.15) is 0 Å². The predicted octanol–water partition coefficient (Wildman–Crippen LogP) is 3.38. The molecule has 0 amide bonds. The Morgan fingerprint density at radius 2 is 2.07 bits per heavy atom. The maximum Gasteiger partial charge on any atom is 0.193 e. The highest BCUT2D eigenvalue weighted by Gasteiger charge is 2.25. The summed E-state index contributed by atoms with van der Waals surface area (Å²) in [5, 5.41) is 7.84. The van der Waals surface area contributed by atoms with Gasteiger partial charge in [-0.1, -0.05) is 19.3 Å². The number of aryl methyl sites for hydroxylation is 1. The van der Waals surface area contributed by atoms with Gasteiger partial charge >= 0.3 is 0 Å². The van der Waals surface area contributed by atoms with Gasteiger partial charge in [0.05, 0.1) is 12.3 Å². The Hall–Kier alpha value is -1.56. The molecule has 1 unspecified atom stereocenters. The monoisotopic (exact) mass is 389 g/mol. The van der Waals surface area contributed by atoms with Crippen molar-refractivity contribution < 1.29 is 4.74 Å². The van der Waals surface area contributed by atoms with Crippen LogP contribution in [-0.4, -0.2) is 60.0 Å². The maximum absolute atomic E-state index is 6.02. The smallest absolute Gasteiger partial charge is 0.193 e. The Labute approximate surface area is 170 Å². The molecule has 1 saturated carbocycles. The molecule has 3 rings (SSSR count). The number of rotatable bonds is 9. The predicted molar refractivity (Wildman–Crippen MR) is 115 cm³/mol. The Bertz CT molecular complexity index is 594. The average Bonchev–Trinajstić information content (AvgIpc) is 3.34. The van der Waals surface area contributed by atoms with Crippen molar-refractivity contribution >= 4 is 5.96 Å². The molecule has 2 heterocycles. The lowest BCUT2D eigenvalue weighted by Crippen LogP contribution is -2.40. The molecule has 2 aliphatic rings. The van der Waals surface area contributed by atoms with Crippen LogP contribution in [0.1, 0.15) is 63.4 Å². The van der Waals surface area contributed by atoms with Gasteiger partial charge in [-0.05, 0) is 56.4 Å². The standard InChI is InChI=1S/C22H39N5O/c1-23-22(24-12-7-4-8-14-28-21-9-5-3-6-10-21)27-13-11-19(18-27)15-20-16-25-26(2)17-20/h16-17,19,21H,3-15,18H2,1-2H3,(H,23,24). The molecular formula is C22H39N5O. The van der Waals surface area contributed by atoms with Gasteiger partial charge in [0.2, 0.25) is 0 Å². The van der Waals surface area contributed by atoms with Crippen LogP contribution in [0.3, 0.4) is 0 Å². The van der Waals surface area contributed by atoms with E-state index in [1.165, 1.54) is 63.4 Å². The number of likely N-dealkylation sites (tertiary alicyclic amines) is 1. The first kappa shape index (κ1) is 21.2. The molecule has 1 aliphatic carbocycles. The molecule has 1 aromatic rings. The maximum atomic E-state index is 6.02. The molecule has 6 heteroatoms. The first-order valence-corrected chi connectivity index (χ1v) is 11.3. The zero-order valence-electron chi connectivity index (χ0n) is 17.9. The molecule has 1 saturated heterocycles. The highest BCUT2D eigenvalue weighted by Crippen LogP contribution is 2.21. The normalized spacial score (nSPS) is 21.4. The van der Waals surface area contributed by atoms with Crippen LogP contribution in [0.5, 0.6) is 0 Å². The summed E-state index contributed by atoms with van der Waals surface area (Å²) < 4.78 is 7.91. The van der Waals surface area contributed by atoms with Gasteiger partial charge in [-0.25, -0.2) is 0 Å². The molecule has 2 fully saturated rings. The third kappa shape index (κ3) is 6.80. The average molecular weight is 390 g/mol. The summed E-state index contributed by atoms with van der Waals surface area (Å²) in [6.45, 7) is 4.12. The molecule has 0 radical (unpaired) electrons. The van der Waals surface area contributed by atoms with Gasteiger partial charge < -0.3 is 15.0 Å². The van der Waals surface area contributed by atoms with Gasteiger partial charge in [0, 0.05) is 46.5 Å². The molecule has 0 aromatic carbocycles. The van der Waals surface area contributed by atoms with Crippen LogP contribution in [0.4, 0.5) is 0 Å². The molecule has 0 spiro atoms. The van der Waals surface area contributed by atoms with Crippen LogP contribution in [0, 0.1) is 5.92 Å². The van der Waals surface area contributed by atoms with E-state index < -0.39 is 0 Å². The fourth-order valence-electron chi connectivity index (χ4n) is 4.52. The third-order valence-corrected chi connectivity index (χ3v) is 6.09. The van der Waals surface area contributed by atoms with Crippen molar-refractivity contribution in [2.75, 3.05) is 33.3 Å². The second kappa shape index (κ2) is 11.4. The van der Waals surface area contributed by atoms with Crippen molar-refractivity contribution in [1.82, 2.24) is 20.0 Å². The SMILES string of the molecule is CN=C(NCCCCCOC1CCCCC1)N1CCC(Cc2cnn(C)c2)C1. The number of guanidine groups is 1. The van der Waals surface area contributed by atoms with Crippen molar-refractivity contribution in [3.05, 3.63) is 18.0 Å². The van der Waals surface area contributed by atoms with Gasteiger partial charge in [0.25, 0.3) is 0 Å². The number of aliphatic imine (C=N–C) groups is 1. The Morgan fingerprint density at radius 3 is 2.82 bits per heavy atom. The summed E-state index contributed by atoms with van der Waals surface area (Å²) >= 11 is 0. The quantitative estimate of drug-likeness (QED) is 0.400. The van der Waals surface area contributed by atoms with E-state index in [1.54, 1.807) is 0 Å². The Balaban J connectivity index is 1.25. The van der Waals surface area contributed by atoms with Crippen LogP contribution in [0.2, 0.25) is 0 Å². The van der Waals surface area contributed by atoms with E-state index in [9.17, 15) is 0 Å². The van der Waals surface area contributed by atoms with Gasteiger partial charge in [0.15, 0.2) is 5.96 Å². The van der Waals surface area contributed by atoms with Crippen LogP contribution in [0.15, 0.2) is 17.4 Å². The van der Waals surface area contributed by atoms with E-state index in [2.05, 4.69) is 26.5 Å². The molecule has 28 heavy (non-hydrogen) atoms. The first-order valence-electron chi connectivity index (χ1n) is 11.3. The van der Waals surface area contributed by atoms with E-state index in [1.807, 2.05) is 25.0 Å². The minimum atomic E-state index is 0.542. The Morgan fingerprint density at radius 1 is 1.21 bits per heavy atom. The minimum absolute atomic E-state index is 0.542. The van der Waals surface area contributed by atoms with Gasteiger partial charge in [-0.3, -0.25) is 9.67 Å². The zero-order chi connectivity index (χ0) is 19.6. The molecule has 6 nitrogen and oxygen atoms in total. The van der Waals surface area contributed by atoms with Crippen LogP contribution in [-0.2, 0) is 18.2 Å². The van der Waals surface area contributed by atoms with Gasteiger partial charge in [-0.15, -0.1) is 0 Å². The highest BCUT2D eigenvalue weighted by molar-refractivity contribution is 5.80. The van der Waals surface area contributed by atoms with E-state index in [0.29, 0.717) is 12.0 Å². The van der Waals surface area contributed by atoms with Crippen LogP contribution < -0.4 is 5.32 Å². The lowest BCUT2D eigenvalue weighted by Gasteiger charge is -2.22. The lowest BCUT2D eigenvalue weighted by molar-refractivity contribution is 0.0264. The number of hydrogen-bond donors (Lipinski definition) is 1. The summed E-state index contributed by atoms with van der Waals surface area (Å²) in [5.74, 6) is 1.76. The number of ether oxygens (including phenoxy) is 1.